The van der Waals surface area contributed by atoms with Crippen LogP contribution in [0.4, 0.5) is 17.2 Å². The van der Waals surface area contributed by atoms with Gasteiger partial charge in [-0.05, 0) is 53.9 Å². The Balaban J connectivity index is 1.67. The molecule has 1 aromatic heterocycles. The molecule has 1 amide bonds. The molecule has 148 valence electrons. The van der Waals surface area contributed by atoms with Gasteiger partial charge in [0.1, 0.15) is 0 Å². The Morgan fingerprint density at radius 1 is 0.931 bits per heavy atom. The van der Waals surface area contributed by atoms with Gasteiger partial charge >= 0.3 is 5.97 Å². The maximum absolute atomic E-state index is 12.4. The van der Waals surface area contributed by atoms with Gasteiger partial charge in [-0.15, -0.1) is 10.2 Å². The van der Waals surface area contributed by atoms with Crippen LogP contribution in [0.5, 0.6) is 0 Å². The third-order valence-corrected chi connectivity index (χ3v) is 4.31. The first-order valence-corrected chi connectivity index (χ1v) is 9.17. The second kappa shape index (κ2) is 8.97. The van der Waals surface area contributed by atoms with Crippen molar-refractivity contribution in [2.45, 2.75) is 19.8 Å². The number of benzene rings is 2. The van der Waals surface area contributed by atoms with Gasteiger partial charge in [-0.3, -0.25) is 4.79 Å². The average molecular weight is 390 g/mol. The Morgan fingerprint density at radius 3 is 2.28 bits per heavy atom. The van der Waals surface area contributed by atoms with E-state index >= 15 is 0 Å². The highest BCUT2D eigenvalue weighted by atomic mass is 16.5. The van der Waals surface area contributed by atoms with Gasteiger partial charge in [0, 0.05) is 11.4 Å². The summed E-state index contributed by atoms with van der Waals surface area (Å²) in [4.78, 5) is 23.8. The number of methoxy groups -OCH3 is 1. The van der Waals surface area contributed by atoms with Crippen molar-refractivity contribution in [3.63, 3.8) is 0 Å². The highest BCUT2D eigenvalue weighted by molar-refractivity contribution is 6.03. The summed E-state index contributed by atoms with van der Waals surface area (Å²) in [6.07, 6.45) is 0. The highest BCUT2D eigenvalue weighted by Crippen LogP contribution is 2.26. The minimum atomic E-state index is -0.434. The van der Waals surface area contributed by atoms with Crippen molar-refractivity contribution in [1.29, 1.82) is 0 Å². The second-order valence-electron chi connectivity index (χ2n) is 6.69. The number of carbonyl (C=O) groups is 2. The van der Waals surface area contributed by atoms with E-state index in [4.69, 9.17) is 0 Å². The molecule has 3 rings (SSSR count). The standard InChI is InChI=1S/C22H22N4O3/c1-14(2)17-6-4-5-7-18(17)24-20-13-12-19(25-26-20)21(27)23-16-10-8-15(9-11-16)22(28)29-3/h4-14H,1-3H3,(H,23,27)(H,24,26). The van der Waals surface area contributed by atoms with Crippen LogP contribution in [0.3, 0.4) is 0 Å². The van der Waals surface area contributed by atoms with Gasteiger partial charge in [0.15, 0.2) is 11.5 Å². The summed E-state index contributed by atoms with van der Waals surface area (Å²) in [6, 6.07) is 17.7. The lowest BCUT2D eigenvalue weighted by atomic mass is 10.0. The fourth-order valence-corrected chi connectivity index (χ4v) is 2.77. The molecule has 0 aliphatic heterocycles. The topological polar surface area (TPSA) is 93.2 Å². The summed E-state index contributed by atoms with van der Waals surface area (Å²) in [7, 11) is 1.32. The quantitative estimate of drug-likeness (QED) is 0.607. The third-order valence-electron chi connectivity index (χ3n) is 4.31. The van der Waals surface area contributed by atoms with E-state index in [0.717, 1.165) is 5.69 Å². The van der Waals surface area contributed by atoms with Crippen LogP contribution in [0.15, 0.2) is 60.7 Å². The van der Waals surface area contributed by atoms with Gasteiger partial charge in [-0.1, -0.05) is 32.0 Å². The number of esters is 1. The minimum Gasteiger partial charge on any atom is -0.465 e. The molecule has 0 fully saturated rings. The SMILES string of the molecule is COC(=O)c1ccc(NC(=O)c2ccc(Nc3ccccc3C(C)C)nn2)cc1. The molecule has 7 heteroatoms. The Bertz CT molecular complexity index is 999. The van der Waals surface area contributed by atoms with Crippen molar-refractivity contribution in [1.82, 2.24) is 10.2 Å². The molecule has 0 aliphatic carbocycles. The molecule has 0 atom stereocenters. The van der Waals surface area contributed by atoms with E-state index in [-0.39, 0.29) is 5.69 Å². The Kier molecular flexibility index (Phi) is 6.19. The van der Waals surface area contributed by atoms with Crippen molar-refractivity contribution in [3.8, 4) is 0 Å². The molecule has 0 aliphatic rings. The Hall–Kier alpha value is -3.74. The first-order chi connectivity index (χ1) is 14.0. The Labute approximate surface area is 169 Å². The van der Waals surface area contributed by atoms with Crippen LogP contribution >= 0.6 is 0 Å². The van der Waals surface area contributed by atoms with E-state index in [1.54, 1.807) is 36.4 Å². The molecule has 7 nitrogen and oxygen atoms in total. The number of hydrogen-bond donors (Lipinski definition) is 2. The number of para-hydroxylation sites is 1. The van der Waals surface area contributed by atoms with Gasteiger partial charge in [-0.2, -0.15) is 0 Å². The summed E-state index contributed by atoms with van der Waals surface area (Å²) >= 11 is 0. The zero-order chi connectivity index (χ0) is 20.8. The van der Waals surface area contributed by atoms with Gasteiger partial charge in [0.2, 0.25) is 0 Å². The van der Waals surface area contributed by atoms with Crippen LogP contribution in [-0.4, -0.2) is 29.2 Å². The molecule has 0 saturated carbocycles. The molecule has 3 aromatic rings. The number of nitrogens with one attached hydrogen (secondary N) is 2. The predicted octanol–water partition coefficient (Wildman–Crippen LogP) is 4.38. The van der Waals surface area contributed by atoms with E-state index in [1.165, 1.54) is 12.7 Å². The number of aromatic nitrogens is 2. The number of anilines is 3. The highest BCUT2D eigenvalue weighted by Gasteiger charge is 2.11. The molecule has 2 aromatic carbocycles. The van der Waals surface area contributed by atoms with Crippen LogP contribution in [0.2, 0.25) is 0 Å². The molecule has 0 unspecified atom stereocenters. The minimum absolute atomic E-state index is 0.185. The van der Waals surface area contributed by atoms with Crippen molar-refractivity contribution in [3.05, 3.63) is 77.5 Å². The molecular formula is C22H22N4O3. The first kappa shape index (κ1) is 20.0. The van der Waals surface area contributed by atoms with Crippen molar-refractivity contribution >= 4 is 29.1 Å². The van der Waals surface area contributed by atoms with Crippen LogP contribution < -0.4 is 10.6 Å². The predicted molar refractivity (Wildman–Crippen MR) is 112 cm³/mol. The lowest BCUT2D eigenvalue weighted by Gasteiger charge is -2.13. The fraction of sp³-hybridized carbons (Fsp3) is 0.182. The number of nitrogens with zero attached hydrogens (tertiary/aromatic N) is 2. The molecular weight excluding hydrogens is 368 g/mol. The smallest absolute Gasteiger partial charge is 0.337 e. The lowest BCUT2D eigenvalue weighted by molar-refractivity contribution is 0.0600. The van der Waals surface area contributed by atoms with Crippen molar-refractivity contribution < 1.29 is 14.3 Å². The fourth-order valence-electron chi connectivity index (χ4n) is 2.77. The van der Waals surface area contributed by atoms with Gasteiger partial charge in [-0.25, -0.2) is 4.79 Å². The second-order valence-corrected chi connectivity index (χ2v) is 6.69. The van der Waals surface area contributed by atoms with Gasteiger partial charge < -0.3 is 15.4 Å². The van der Waals surface area contributed by atoms with E-state index in [1.807, 2.05) is 18.2 Å². The number of amides is 1. The summed E-state index contributed by atoms with van der Waals surface area (Å²) in [5.74, 6) is 0.0904. The van der Waals surface area contributed by atoms with Gasteiger partial charge in [0.25, 0.3) is 5.91 Å². The molecule has 2 N–H and O–H groups in total. The van der Waals surface area contributed by atoms with Crippen LogP contribution in [-0.2, 0) is 4.74 Å². The molecule has 0 spiro atoms. The van der Waals surface area contributed by atoms with Crippen molar-refractivity contribution in [2.75, 3.05) is 17.7 Å². The van der Waals surface area contributed by atoms with Crippen LogP contribution in [0.25, 0.3) is 0 Å². The van der Waals surface area contributed by atoms with E-state index in [9.17, 15) is 9.59 Å². The third kappa shape index (κ3) is 4.95. The summed E-state index contributed by atoms with van der Waals surface area (Å²) in [5, 5.41) is 14.1. The van der Waals surface area contributed by atoms with Crippen LogP contribution in [0.1, 0.15) is 46.2 Å². The maximum Gasteiger partial charge on any atom is 0.337 e. The molecule has 0 radical (unpaired) electrons. The molecule has 0 saturated heterocycles. The monoisotopic (exact) mass is 390 g/mol. The lowest BCUT2D eigenvalue weighted by Crippen LogP contribution is -2.14. The summed E-state index contributed by atoms with van der Waals surface area (Å²) in [5.41, 5.74) is 3.26. The number of rotatable bonds is 6. The largest absolute Gasteiger partial charge is 0.465 e. The van der Waals surface area contributed by atoms with Crippen molar-refractivity contribution in [2.24, 2.45) is 0 Å². The summed E-state index contributed by atoms with van der Waals surface area (Å²) < 4.78 is 4.65. The molecule has 1 heterocycles. The van der Waals surface area contributed by atoms with E-state index in [2.05, 4.69) is 45.5 Å². The van der Waals surface area contributed by atoms with E-state index in [0.29, 0.717) is 23.0 Å². The number of hydrogen-bond acceptors (Lipinski definition) is 6. The zero-order valence-corrected chi connectivity index (χ0v) is 16.5. The summed E-state index contributed by atoms with van der Waals surface area (Å²) in [6.45, 7) is 4.24. The average Bonchev–Trinajstić information content (AvgIpc) is 2.74. The van der Waals surface area contributed by atoms with Crippen LogP contribution in [0, 0.1) is 0 Å². The maximum atomic E-state index is 12.4. The van der Waals surface area contributed by atoms with Gasteiger partial charge in [0.05, 0.1) is 12.7 Å². The zero-order valence-electron chi connectivity index (χ0n) is 16.5. The molecule has 29 heavy (non-hydrogen) atoms. The normalized spacial score (nSPS) is 10.5. The molecule has 0 bridgehead atoms. The first-order valence-electron chi connectivity index (χ1n) is 9.17. The number of ether oxygens (including phenoxy) is 1. The Morgan fingerprint density at radius 2 is 1.66 bits per heavy atom. The number of carbonyl (C=O) groups excluding carboxylic acids is 2. The van der Waals surface area contributed by atoms with E-state index < -0.39 is 11.9 Å².